The Morgan fingerprint density at radius 2 is 2.22 bits per heavy atom. The summed E-state index contributed by atoms with van der Waals surface area (Å²) in [6.45, 7) is 0. The third-order valence-corrected chi connectivity index (χ3v) is 2.68. The van der Waals surface area contributed by atoms with Gasteiger partial charge in [-0.1, -0.05) is 22.4 Å². The van der Waals surface area contributed by atoms with Gasteiger partial charge in [-0.3, -0.25) is 11.3 Å². The van der Waals surface area contributed by atoms with Crippen molar-refractivity contribution in [1.29, 1.82) is 0 Å². The minimum absolute atomic E-state index is 0.545. The van der Waals surface area contributed by atoms with Gasteiger partial charge in [0.1, 0.15) is 0 Å². The maximum Gasteiger partial charge on any atom is 0.0221 e. The highest BCUT2D eigenvalue weighted by atomic mass is 79.9. The molecular weight excluding hydrogens is 180 g/mol. The van der Waals surface area contributed by atoms with Crippen LogP contribution in [0.15, 0.2) is 0 Å². The summed E-state index contributed by atoms with van der Waals surface area (Å²) < 4.78 is 0. The Morgan fingerprint density at radius 1 is 1.44 bits per heavy atom. The van der Waals surface area contributed by atoms with Crippen LogP contribution in [0.3, 0.4) is 0 Å². The first-order valence-corrected chi connectivity index (χ1v) is 4.34. The van der Waals surface area contributed by atoms with E-state index in [0.717, 1.165) is 0 Å². The van der Waals surface area contributed by atoms with Crippen LogP contribution in [0, 0.1) is 0 Å². The first-order valence-electron chi connectivity index (χ1n) is 3.43. The number of alkyl halides is 1. The standard InChI is InChI=1S/C6H13BrN2/c7-5-2-1-3-6(4-5)9-8/h5-6,9H,1-4,8H2. The van der Waals surface area contributed by atoms with E-state index >= 15 is 0 Å². The van der Waals surface area contributed by atoms with E-state index in [4.69, 9.17) is 5.84 Å². The number of hydrogen-bond acceptors (Lipinski definition) is 2. The molecule has 1 aliphatic rings. The van der Waals surface area contributed by atoms with Gasteiger partial charge >= 0.3 is 0 Å². The molecule has 0 heterocycles. The molecule has 3 heteroatoms. The molecule has 0 aliphatic heterocycles. The van der Waals surface area contributed by atoms with Crippen molar-refractivity contribution >= 4 is 15.9 Å². The lowest BCUT2D eigenvalue weighted by Gasteiger charge is -2.24. The Kier molecular flexibility index (Phi) is 2.95. The Bertz CT molecular complexity index is 87.1. The Morgan fingerprint density at radius 3 is 2.67 bits per heavy atom. The molecule has 2 unspecified atom stereocenters. The fourth-order valence-electron chi connectivity index (χ4n) is 1.28. The van der Waals surface area contributed by atoms with Crippen LogP contribution < -0.4 is 11.3 Å². The molecule has 1 saturated carbocycles. The summed E-state index contributed by atoms with van der Waals surface area (Å²) in [5.41, 5.74) is 2.80. The lowest BCUT2D eigenvalue weighted by molar-refractivity contribution is 0.390. The van der Waals surface area contributed by atoms with Crippen molar-refractivity contribution in [3.8, 4) is 0 Å². The summed E-state index contributed by atoms with van der Waals surface area (Å²) in [5.74, 6) is 5.29. The molecule has 3 N–H and O–H groups in total. The van der Waals surface area contributed by atoms with Gasteiger partial charge in [-0.15, -0.1) is 0 Å². The molecule has 2 nitrogen and oxygen atoms in total. The van der Waals surface area contributed by atoms with Gasteiger partial charge in [-0.05, 0) is 19.3 Å². The molecule has 0 aromatic rings. The summed E-state index contributed by atoms with van der Waals surface area (Å²) in [4.78, 5) is 0.687. The third kappa shape index (κ3) is 2.24. The van der Waals surface area contributed by atoms with Crippen molar-refractivity contribution in [2.45, 2.75) is 36.6 Å². The van der Waals surface area contributed by atoms with Crippen molar-refractivity contribution < 1.29 is 0 Å². The summed E-state index contributed by atoms with van der Waals surface area (Å²) in [7, 11) is 0. The first kappa shape index (κ1) is 7.51. The van der Waals surface area contributed by atoms with Gasteiger partial charge in [0, 0.05) is 10.9 Å². The van der Waals surface area contributed by atoms with E-state index in [1.165, 1.54) is 25.7 Å². The fraction of sp³-hybridized carbons (Fsp3) is 1.00. The molecule has 1 fully saturated rings. The second-order valence-corrected chi connectivity index (χ2v) is 3.92. The Hall–Kier alpha value is 0.400. The maximum absolute atomic E-state index is 5.29. The summed E-state index contributed by atoms with van der Waals surface area (Å²) in [6, 6.07) is 0.545. The van der Waals surface area contributed by atoms with Gasteiger partial charge in [0.25, 0.3) is 0 Å². The molecule has 2 atom stereocenters. The Labute approximate surface area is 64.3 Å². The molecule has 9 heavy (non-hydrogen) atoms. The van der Waals surface area contributed by atoms with Crippen LogP contribution >= 0.6 is 15.9 Å². The predicted octanol–water partition coefficient (Wildman–Crippen LogP) is 1.16. The van der Waals surface area contributed by atoms with Gasteiger partial charge in [0.05, 0.1) is 0 Å². The number of hydrogen-bond donors (Lipinski definition) is 2. The largest absolute Gasteiger partial charge is 0.271 e. The van der Waals surface area contributed by atoms with Crippen molar-refractivity contribution in [2.24, 2.45) is 5.84 Å². The zero-order valence-electron chi connectivity index (χ0n) is 5.44. The van der Waals surface area contributed by atoms with E-state index in [1.807, 2.05) is 0 Å². The monoisotopic (exact) mass is 192 g/mol. The Balaban J connectivity index is 2.23. The molecule has 1 rings (SSSR count). The summed E-state index contributed by atoms with van der Waals surface area (Å²) >= 11 is 3.57. The van der Waals surface area contributed by atoms with Gasteiger partial charge in [-0.2, -0.15) is 0 Å². The van der Waals surface area contributed by atoms with Gasteiger partial charge in [0.15, 0.2) is 0 Å². The number of hydrazine groups is 1. The normalized spacial score (nSPS) is 36.7. The molecule has 0 radical (unpaired) electrons. The molecule has 0 aromatic heterocycles. The molecule has 0 amide bonds. The lowest BCUT2D eigenvalue weighted by Crippen LogP contribution is -2.38. The second-order valence-electron chi connectivity index (χ2n) is 2.63. The zero-order chi connectivity index (χ0) is 6.69. The molecule has 0 aromatic carbocycles. The number of nitrogens with one attached hydrogen (secondary N) is 1. The van der Waals surface area contributed by atoms with Crippen LogP contribution in [0.5, 0.6) is 0 Å². The molecular formula is C6H13BrN2. The number of nitrogens with two attached hydrogens (primary N) is 1. The van der Waals surface area contributed by atoms with Crippen molar-refractivity contribution in [3.63, 3.8) is 0 Å². The predicted molar refractivity (Wildman–Crippen MR) is 42.3 cm³/mol. The molecule has 1 aliphatic carbocycles. The van der Waals surface area contributed by atoms with Crippen molar-refractivity contribution in [3.05, 3.63) is 0 Å². The van der Waals surface area contributed by atoms with E-state index < -0.39 is 0 Å². The third-order valence-electron chi connectivity index (χ3n) is 1.85. The first-order chi connectivity index (χ1) is 4.33. The maximum atomic E-state index is 5.29. The van der Waals surface area contributed by atoms with Gasteiger partial charge in [0.2, 0.25) is 0 Å². The molecule has 0 spiro atoms. The molecule has 0 saturated heterocycles. The van der Waals surface area contributed by atoms with E-state index in [2.05, 4.69) is 21.4 Å². The van der Waals surface area contributed by atoms with Gasteiger partial charge < -0.3 is 0 Å². The summed E-state index contributed by atoms with van der Waals surface area (Å²) in [5, 5.41) is 0. The topological polar surface area (TPSA) is 38.0 Å². The molecule has 0 bridgehead atoms. The van der Waals surface area contributed by atoms with Crippen molar-refractivity contribution in [1.82, 2.24) is 5.43 Å². The zero-order valence-corrected chi connectivity index (χ0v) is 7.02. The fourth-order valence-corrected chi connectivity index (χ4v) is 2.06. The van der Waals surface area contributed by atoms with Gasteiger partial charge in [-0.25, -0.2) is 0 Å². The van der Waals surface area contributed by atoms with Crippen LogP contribution in [-0.2, 0) is 0 Å². The number of rotatable bonds is 1. The van der Waals surface area contributed by atoms with E-state index in [9.17, 15) is 0 Å². The van der Waals surface area contributed by atoms with Crippen LogP contribution in [0.2, 0.25) is 0 Å². The summed E-state index contributed by atoms with van der Waals surface area (Å²) in [6.07, 6.45) is 5.01. The smallest absolute Gasteiger partial charge is 0.0221 e. The van der Waals surface area contributed by atoms with E-state index in [-0.39, 0.29) is 0 Å². The SMILES string of the molecule is NNC1CCCC(Br)C1. The van der Waals surface area contributed by atoms with Crippen LogP contribution in [0.1, 0.15) is 25.7 Å². The minimum atomic E-state index is 0.545. The molecule has 54 valence electrons. The average molecular weight is 193 g/mol. The van der Waals surface area contributed by atoms with E-state index in [1.54, 1.807) is 0 Å². The highest BCUT2D eigenvalue weighted by Gasteiger charge is 2.17. The van der Waals surface area contributed by atoms with E-state index in [0.29, 0.717) is 10.9 Å². The van der Waals surface area contributed by atoms with Crippen LogP contribution in [0.4, 0.5) is 0 Å². The number of halogens is 1. The van der Waals surface area contributed by atoms with Crippen molar-refractivity contribution in [2.75, 3.05) is 0 Å². The quantitative estimate of drug-likeness (QED) is 0.372. The average Bonchev–Trinajstić information content (AvgIpc) is 1.88. The van der Waals surface area contributed by atoms with Crippen LogP contribution in [0.25, 0.3) is 0 Å². The lowest BCUT2D eigenvalue weighted by atomic mass is 9.96. The highest BCUT2D eigenvalue weighted by Crippen LogP contribution is 2.23. The second kappa shape index (κ2) is 3.54. The highest BCUT2D eigenvalue weighted by molar-refractivity contribution is 9.09. The minimum Gasteiger partial charge on any atom is -0.271 e. The van der Waals surface area contributed by atoms with Crippen LogP contribution in [-0.4, -0.2) is 10.9 Å².